The number of urea groups is 3. The van der Waals surface area contributed by atoms with Gasteiger partial charge in [-0.15, -0.1) is 0 Å². The van der Waals surface area contributed by atoms with Crippen molar-refractivity contribution in [2.75, 3.05) is 31.9 Å². The lowest BCUT2D eigenvalue weighted by molar-refractivity contribution is 0.0686. The molecule has 7 aromatic carbocycles. The van der Waals surface area contributed by atoms with Crippen LogP contribution in [0.3, 0.4) is 0 Å². The molecule has 0 aliphatic carbocycles. The number of aromatic carboxylic acids is 3. The first kappa shape index (κ1) is 47.1. The van der Waals surface area contributed by atoms with Crippen LogP contribution in [0.1, 0.15) is 47.8 Å². The van der Waals surface area contributed by atoms with E-state index >= 15 is 0 Å². The summed E-state index contributed by atoms with van der Waals surface area (Å²) in [5.41, 5.74) is 4.43. The van der Waals surface area contributed by atoms with Gasteiger partial charge in [0.05, 0.1) is 16.7 Å². The standard InChI is InChI=1S/C51H42N6O12/c58-46(59)34-7-1-10-37(22-34)52-49(64)55-40-13-4-16-43(25-40)67-28-31-19-32(29-68-44-17-5-14-41(26-44)56-50(65)53-38-11-2-8-35(23-38)47(60)61)21-33(20-31)30-69-45-18-6-15-42(27-45)57-51(66)54-39-12-3-9-36(24-39)48(62)63/h1-27H,28-30H2,(H,58,59)(H,60,61)(H,62,63)(H2,52,55,64)(H2,53,56,65)(H2,54,57,66). The third-order valence-corrected chi connectivity index (χ3v) is 9.71. The number of benzene rings is 7. The van der Waals surface area contributed by atoms with Crippen molar-refractivity contribution in [3.05, 3.63) is 197 Å². The number of amides is 6. The first-order valence-corrected chi connectivity index (χ1v) is 20.8. The summed E-state index contributed by atoms with van der Waals surface area (Å²) >= 11 is 0. The fraction of sp³-hybridized carbons (Fsp3) is 0.0588. The van der Waals surface area contributed by atoms with Gasteiger partial charge in [0.25, 0.3) is 0 Å². The molecule has 0 aliphatic rings. The smallest absolute Gasteiger partial charge is 0.335 e. The number of carbonyl (C=O) groups excluding carboxylic acids is 3. The second-order valence-corrected chi connectivity index (χ2v) is 15.0. The van der Waals surface area contributed by atoms with Gasteiger partial charge in [-0.05, 0) is 126 Å². The van der Waals surface area contributed by atoms with E-state index in [1.807, 2.05) is 18.2 Å². The molecule has 0 atom stereocenters. The highest BCUT2D eigenvalue weighted by Gasteiger charge is 2.12. The van der Waals surface area contributed by atoms with Crippen molar-refractivity contribution in [2.24, 2.45) is 0 Å². The van der Waals surface area contributed by atoms with Crippen LogP contribution in [0, 0.1) is 0 Å². The number of nitrogens with one attached hydrogen (secondary N) is 6. The molecule has 0 aliphatic heterocycles. The summed E-state index contributed by atoms with van der Waals surface area (Å²) in [6.45, 7) is 0.269. The quantitative estimate of drug-likeness (QED) is 0.0389. The maximum atomic E-state index is 12.8. The Hall–Kier alpha value is -9.84. The van der Waals surface area contributed by atoms with Gasteiger partial charge in [0.15, 0.2) is 0 Å². The van der Waals surface area contributed by atoms with Crippen LogP contribution in [0.25, 0.3) is 0 Å². The van der Waals surface area contributed by atoms with Gasteiger partial charge in [0, 0.05) is 52.3 Å². The average Bonchev–Trinajstić information content (AvgIpc) is 3.32. The van der Waals surface area contributed by atoms with Crippen LogP contribution < -0.4 is 46.1 Å². The van der Waals surface area contributed by atoms with Crippen molar-refractivity contribution in [3.63, 3.8) is 0 Å². The summed E-state index contributed by atoms with van der Waals surface area (Å²) in [6.07, 6.45) is 0. The predicted octanol–water partition coefficient (Wildman–Crippen LogP) is 10.5. The monoisotopic (exact) mass is 930 g/mol. The van der Waals surface area contributed by atoms with Crippen molar-refractivity contribution < 1.29 is 58.3 Å². The van der Waals surface area contributed by atoms with E-state index in [1.165, 1.54) is 54.6 Å². The third kappa shape index (κ3) is 14.3. The van der Waals surface area contributed by atoms with Gasteiger partial charge in [-0.2, -0.15) is 0 Å². The van der Waals surface area contributed by atoms with Crippen LogP contribution in [-0.2, 0) is 19.8 Å². The van der Waals surface area contributed by atoms with Crippen molar-refractivity contribution in [2.45, 2.75) is 19.8 Å². The van der Waals surface area contributed by atoms with Crippen molar-refractivity contribution in [1.29, 1.82) is 0 Å². The Kier molecular flexibility index (Phi) is 15.3. The normalized spacial score (nSPS) is 10.4. The van der Waals surface area contributed by atoms with E-state index in [9.17, 15) is 44.1 Å². The Bertz CT molecular complexity index is 2720. The highest BCUT2D eigenvalue weighted by molar-refractivity contribution is 6.02. The summed E-state index contributed by atoms with van der Waals surface area (Å²) < 4.78 is 18.5. The Morgan fingerprint density at radius 3 is 0.797 bits per heavy atom. The van der Waals surface area contributed by atoms with E-state index in [2.05, 4.69) is 31.9 Å². The zero-order chi connectivity index (χ0) is 48.7. The second-order valence-electron chi connectivity index (χ2n) is 15.0. The number of hydrogen-bond acceptors (Lipinski definition) is 9. The molecule has 7 aromatic rings. The lowest BCUT2D eigenvalue weighted by Gasteiger charge is -2.15. The number of anilines is 6. The fourth-order valence-corrected chi connectivity index (χ4v) is 6.65. The minimum absolute atomic E-state index is 0.0234. The Labute approximate surface area is 393 Å². The maximum Gasteiger partial charge on any atom is 0.335 e. The van der Waals surface area contributed by atoms with Gasteiger partial charge in [0.2, 0.25) is 0 Å². The minimum atomic E-state index is -1.12. The van der Waals surface area contributed by atoms with Gasteiger partial charge in [-0.3, -0.25) is 0 Å². The topological polar surface area (TPSA) is 263 Å². The lowest BCUT2D eigenvalue weighted by Crippen LogP contribution is -2.19. The molecule has 6 amide bonds. The second kappa shape index (κ2) is 22.4. The molecule has 0 radical (unpaired) electrons. The average molecular weight is 931 g/mol. The van der Waals surface area contributed by atoms with Gasteiger partial charge in [-0.25, -0.2) is 28.8 Å². The molecule has 0 aromatic heterocycles. The summed E-state index contributed by atoms with van der Waals surface area (Å²) in [7, 11) is 0. The van der Waals surface area contributed by atoms with Crippen molar-refractivity contribution >= 4 is 70.1 Å². The molecule has 0 spiro atoms. The number of rotatable bonds is 18. The first-order valence-electron chi connectivity index (χ1n) is 20.8. The van der Waals surface area contributed by atoms with Crippen LogP contribution in [0.5, 0.6) is 17.2 Å². The zero-order valence-corrected chi connectivity index (χ0v) is 36.2. The fourth-order valence-electron chi connectivity index (χ4n) is 6.65. The van der Waals surface area contributed by atoms with Gasteiger partial charge in [-0.1, -0.05) is 36.4 Å². The Balaban J connectivity index is 1.02. The van der Waals surface area contributed by atoms with E-state index < -0.39 is 36.0 Å². The van der Waals surface area contributed by atoms with E-state index in [4.69, 9.17) is 14.2 Å². The van der Waals surface area contributed by atoms with E-state index in [0.717, 1.165) is 16.7 Å². The van der Waals surface area contributed by atoms with Gasteiger partial charge < -0.3 is 61.4 Å². The third-order valence-electron chi connectivity index (χ3n) is 9.71. The molecule has 0 fully saturated rings. The van der Waals surface area contributed by atoms with Gasteiger partial charge in [0.1, 0.15) is 37.1 Å². The predicted molar refractivity (Wildman–Crippen MR) is 257 cm³/mol. The highest BCUT2D eigenvalue weighted by Crippen LogP contribution is 2.25. The molecule has 69 heavy (non-hydrogen) atoms. The van der Waals surface area contributed by atoms with Crippen LogP contribution in [0.15, 0.2) is 164 Å². The minimum Gasteiger partial charge on any atom is -0.489 e. The van der Waals surface area contributed by atoms with Gasteiger partial charge >= 0.3 is 36.0 Å². The largest absolute Gasteiger partial charge is 0.489 e. The van der Waals surface area contributed by atoms with Crippen molar-refractivity contribution in [3.8, 4) is 17.2 Å². The zero-order valence-electron chi connectivity index (χ0n) is 36.2. The molecular formula is C51H42N6O12. The Morgan fingerprint density at radius 2 is 0.551 bits per heavy atom. The van der Waals surface area contributed by atoms with Crippen LogP contribution in [0.2, 0.25) is 0 Å². The molecule has 348 valence electrons. The van der Waals surface area contributed by atoms with Crippen LogP contribution in [0.4, 0.5) is 48.5 Å². The summed E-state index contributed by atoms with van der Waals surface area (Å²) in [5.74, 6) is -2.07. The molecule has 0 saturated carbocycles. The number of carboxylic acid groups (broad SMARTS) is 3. The number of carboxylic acids is 3. The number of hydrogen-bond donors (Lipinski definition) is 9. The molecule has 0 unspecified atom stereocenters. The highest BCUT2D eigenvalue weighted by atomic mass is 16.5. The van der Waals surface area contributed by atoms with Crippen LogP contribution >= 0.6 is 0 Å². The molecule has 18 nitrogen and oxygen atoms in total. The van der Waals surface area contributed by atoms with E-state index in [-0.39, 0.29) is 36.5 Å². The maximum absolute atomic E-state index is 12.8. The van der Waals surface area contributed by atoms with Crippen LogP contribution in [-0.4, -0.2) is 51.3 Å². The molecule has 0 heterocycles. The molecule has 0 saturated heterocycles. The molecule has 7 rings (SSSR count). The summed E-state index contributed by atoms with van der Waals surface area (Å²) in [5, 5.41) is 43.9. The Morgan fingerprint density at radius 1 is 0.319 bits per heavy atom. The molecule has 0 bridgehead atoms. The molecule has 18 heteroatoms. The van der Waals surface area contributed by atoms with Crippen molar-refractivity contribution in [1.82, 2.24) is 0 Å². The van der Waals surface area contributed by atoms with E-state index in [1.54, 1.807) is 91.0 Å². The number of carbonyl (C=O) groups is 6. The summed E-state index contributed by atoms with van der Waals surface area (Å²) in [4.78, 5) is 72.4. The molecular weight excluding hydrogens is 889 g/mol. The molecule has 9 N–H and O–H groups in total. The lowest BCUT2D eigenvalue weighted by atomic mass is 10.1. The van der Waals surface area contributed by atoms with E-state index in [0.29, 0.717) is 51.4 Å². The SMILES string of the molecule is O=C(Nc1cccc(OCc2cc(COc3cccc(NC(=O)Nc4cccc(C(=O)O)c4)c3)cc(COc3cccc(NC(=O)Nc4cccc(C(=O)O)c4)c3)c2)c1)Nc1cccc(C(=O)O)c1. The number of ether oxygens (including phenoxy) is 3. The summed E-state index contributed by atoms with van der Waals surface area (Å²) in [6, 6.07) is 41.6. The first-order chi connectivity index (χ1) is 33.3.